The van der Waals surface area contributed by atoms with Crippen LogP contribution in [-0.4, -0.2) is 0 Å². The van der Waals surface area contributed by atoms with E-state index in [0.29, 0.717) is 0 Å². The van der Waals surface area contributed by atoms with Crippen LogP contribution in [0.2, 0.25) is 0 Å². The first-order chi connectivity index (χ1) is 8.30. The van der Waals surface area contributed by atoms with Gasteiger partial charge in [-0.1, -0.05) is 85.0 Å². The average molecular weight is 238 g/mol. The summed E-state index contributed by atoms with van der Waals surface area (Å²) in [6.45, 7) is 7.03. The first-order valence-electron chi connectivity index (χ1n) is 8.30. The quantitative estimate of drug-likeness (QED) is 0.448. The number of hydrogen-bond donors (Lipinski definition) is 0. The van der Waals surface area contributed by atoms with E-state index >= 15 is 0 Å². The molecule has 0 aromatic rings. The van der Waals surface area contributed by atoms with E-state index in [1.54, 1.807) is 6.42 Å². The Hall–Kier alpha value is 0. The predicted molar refractivity (Wildman–Crippen MR) is 78.3 cm³/mol. The summed E-state index contributed by atoms with van der Waals surface area (Å²) < 4.78 is 0. The van der Waals surface area contributed by atoms with E-state index in [2.05, 4.69) is 20.8 Å². The molecule has 0 N–H and O–H groups in total. The fourth-order valence-corrected chi connectivity index (χ4v) is 3.77. The highest BCUT2D eigenvalue weighted by Gasteiger charge is 2.23. The van der Waals surface area contributed by atoms with Gasteiger partial charge in [0.15, 0.2) is 0 Å². The Morgan fingerprint density at radius 3 is 2.18 bits per heavy atom. The molecule has 0 heterocycles. The van der Waals surface area contributed by atoms with Crippen LogP contribution in [0.3, 0.4) is 0 Å². The van der Waals surface area contributed by atoms with Gasteiger partial charge in [0, 0.05) is 0 Å². The maximum atomic E-state index is 2.37. The molecule has 3 unspecified atom stereocenters. The molecule has 0 heteroatoms. The monoisotopic (exact) mass is 238 g/mol. The molecular weight excluding hydrogens is 204 g/mol. The summed E-state index contributed by atoms with van der Waals surface area (Å²) in [4.78, 5) is 0. The molecule has 1 saturated carbocycles. The lowest BCUT2D eigenvalue weighted by Crippen LogP contribution is -2.01. The van der Waals surface area contributed by atoms with Gasteiger partial charge in [0.25, 0.3) is 0 Å². The van der Waals surface area contributed by atoms with Gasteiger partial charge < -0.3 is 0 Å². The Morgan fingerprint density at radius 2 is 1.59 bits per heavy atom. The molecule has 17 heavy (non-hydrogen) atoms. The van der Waals surface area contributed by atoms with Crippen LogP contribution in [0, 0.1) is 17.8 Å². The first kappa shape index (κ1) is 15.1. The molecule has 0 amide bonds. The molecular formula is C17H34. The van der Waals surface area contributed by atoms with Crippen molar-refractivity contribution in [2.75, 3.05) is 0 Å². The molecule has 1 fully saturated rings. The van der Waals surface area contributed by atoms with Crippen molar-refractivity contribution >= 4 is 0 Å². The van der Waals surface area contributed by atoms with Crippen molar-refractivity contribution < 1.29 is 0 Å². The van der Waals surface area contributed by atoms with Gasteiger partial charge in [-0.25, -0.2) is 0 Å². The molecule has 1 aliphatic rings. The lowest BCUT2D eigenvalue weighted by molar-refractivity contribution is 0.374. The van der Waals surface area contributed by atoms with Crippen molar-refractivity contribution in [3.05, 3.63) is 0 Å². The zero-order valence-corrected chi connectivity index (χ0v) is 12.5. The van der Waals surface area contributed by atoms with E-state index in [-0.39, 0.29) is 0 Å². The van der Waals surface area contributed by atoms with Crippen LogP contribution in [0.15, 0.2) is 0 Å². The third-order valence-electron chi connectivity index (χ3n) is 4.85. The Morgan fingerprint density at radius 1 is 0.882 bits per heavy atom. The van der Waals surface area contributed by atoms with E-state index in [1.165, 1.54) is 64.2 Å². The van der Waals surface area contributed by atoms with Crippen molar-refractivity contribution in [3.8, 4) is 0 Å². The minimum absolute atomic E-state index is 1.02. The second-order valence-electron chi connectivity index (χ2n) is 6.33. The topological polar surface area (TPSA) is 0 Å². The number of rotatable bonds is 9. The first-order valence-corrected chi connectivity index (χ1v) is 8.30. The third-order valence-corrected chi connectivity index (χ3v) is 4.85. The highest BCUT2D eigenvalue weighted by molar-refractivity contribution is 4.75. The Bertz CT molecular complexity index is 173. The summed E-state index contributed by atoms with van der Waals surface area (Å²) in [7, 11) is 0. The van der Waals surface area contributed by atoms with Gasteiger partial charge in [-0.2, -0.15) is 0 Å². The smallest absolute Gasteiger partial charge is 0.0412 e. The van der Waals surface area contributed by atoms with Crippen molar-refractivity contribution in [2.45, 2.75) is 91.4 Å². The summed E-state index contributed by atoms with van der Waals surface area (Å²) in [6, 6.07) is 0. The van der Waals surface area contributed by atoms with Crippen molar-refractivity contribution in [1.29, 1.82) is 0 Å². The maximum Gasteiger partial charge on any atom is -0.0412 e. The lowest BCUT2D eigenvalue weighted by atomic mass is 9.91. The second-order valence-corrected chi connectivity index (χ2v) is 6.33. The molecule has 3 atom stereocenters. The van der Waals surface area contributed by atoms with Crippen molar-refractivity contribution in [2.24, 2.45) is 17.8 Å². The normalized spacial score (nSPS) is 26.3. The van der Waals surface area contributed by atoms with Crippen LogP contribution < -0.4 is 0 Å². The standard InChI is InChI=1S/C17H34/c1-4-8-15(6-3)10-7-11-17-13-12-16(14-17)9-5-2/h15-17H,4-14H2,1-3H3. The molecule has 1 rings (SSSR count). The van der Waals surface area contributed by atoms with E-state index in [0.717, 1.165) is 17.8 Å². The Labute approximate surface area is 110 Å². The molecule has 0 nitrogen and oxygen atoms in total. The molecule has 0 saturated heterocycles. The summed E-state index contributed by atoms with van der Waals surface area (Å²) in [5.41, 5.74) is 0. The van der Waals surface area contributed by atoms with E-state index in [1.807, 2.05) is 0 Å². The highest BCUT2D eigenvalue weighted by Crippen LogP contribution is 2.37. The molecule has 0 spiro atoms. The molecule has 0 aliphatic heterocycles. The molecule has 0 aromatic carbocycles. The van der Waals surface area contributed by atoms with Gasteiger partial charge in [-0.3, -0.25) is 0 Å². The molecule has 0 aromatic heterocycles. The molecule has 0 radical (unpaired) electrons. The van der Waals surface area contributed by atoms with Crippen molar-refractivity contribution in [1.82, 2.24) is 0 Å². The fourth-order valence-electron chi connectivity index (χ4n) is 3.77. The average Bonchev–Trinajstić information content (AvgIpc) is 2.76. The minimum atomic E-state index is 1.02. The largest absolute Gasteiger partial charge is 0.0654 e. The summed E-state index contributed by atoms with van der Waals surface area (Å²) in [5, 5.41) is 0. The minimum Gasteiger partial charge on any atom is -0.0654 e. The lowest BCUT2D eigenvalue weighted by Gasteiger charge is -2.15. The summed E-state index contributed by atoms with van der Waals surface area (Å²) >= 11 is 0. The SMILES string of the molecule is CCCC(CC)CCCC1CCC(CCC)C1. The van der Waals surface area contributed by atoms with Gasteiger partial charge in [0.05, 0.1) is 0 Å². The van der Waals surface area contributed by atoms with Crippen LogP contribution in [0.5, 0.6) is 0 Å². The summed E-state index contributed by atoms with van der Waals surface area (Å²) in [5.74, 6) is 3.20. The van der Waals surface area contributed by atoms with Crippen LogP contribution in [0.25, 0.3) is 0 Å². The Kier molecular flexibility index (Phi) is 7.97. The third kappa shape index (κ3) is 5.93. The zero-order valence-electron chi connectivity index (χ0n) is 12.5. The van der Waals surface area contributed by atoms with Gasteiger partial charge in [-0.05, 0) is 24.2 Å². The van der Waals surface area contributed by atoms with Gasteiger partial charge in [0.2, 0.25) is 0 Å². The summed E-state index contributed by atoms with van der Waals surface area (Å²) in [6.07, 6.45) is 16.3. The molecule has 1 aliphatic carbocycles. The zero-order chi connectivity index (χ0) is 12.5. The van der Waals surface area contributed by atoms with Crippen LogP contribution >= 0.6 is 0 Å². The van der Waals surface area contributed by atoms with E-state index < -0.39 is 0 Å². The van der Waals surface area contributed by atoms with Crippen LogP contribution in [0.1, 0.15) is 91.4 Å². The van der Waals surface area contributed by atoms with Gasteiger partial charge in [-0.15, -0.1) is 0 Å². The van der Waals surface area contributed by atoms with Gasteiger partial charge >= 0.3 is 0 Å². The van der Waals surface area contributed by atoms with Crippen molar-refractivity contribution in [3.63, 3.8) is 0 Å². The predicted octanol–water partition coefficient (Wildman–Crippen LogP) is 6.20. The molecule has 0 bridgehead atoms. The van der Waals surface area contributed by atoms with Crippen LogP contribution in [-0.2, 0) is 0 Å². The van der Waals surface area contributed by atoms with Gasteiger partial charge in [0.1, 0.15) is 0 Å². The van der Waals surface area contributed by atoms with E-state index in [9.17, 15) is 0 Å². The van der Waals surface area contributed by atoms with Crippen LogP contribution in [0.4, 0.5) is 0 Å². The Balaban J connectivity index is 2.07. The molecule has 102 valence electrons. The number of hydrogen-bond acceptors (Lipinski definition) is 0. The highest BCUT2D eigenvalue weighted by atomic mass is 14.3. The van der Waals surface area contributed by atoms with E-state index in [4.69, 9.17) is 0 Å². The maximum absolute atomic E-state index is 2.37. The fraction of sp³-hybridized carbons (Fsp3) is 1.00. The second kappa shape index (κ2) is 9.00.